The molecule has 0 amide bonds. The Morgan fingerprint density at radius 3 is 2.71 bits per heavy atom. The smallest absolute Gasteiger partial charge is 0.125 e. The van der Waals surface area contributed by atoms with Gasteiger partial charge in [-0.15, -0.1) is 0 Å². The third kappa shape index (κ3) is 2.43. The van der Waals surface area contributed by atoms with Gasteiger partial charge in [-0.2, -0.15) is 0 Å². The van der Waals surface area contributed by atoms with E-state index in [1.807, 2.05) is 0 Å². The zero-order valence-corrected chi connectivity index (χ0v) is 8.79. The third-order valence-electron chi connectivity index (χ3n) is 3.04. The number of alkyl halides is 1. The average molecular weight is 202 g/mol. The van der Waals surface area contributed by atoms with Gasteiger partial charge in [-0.25, -0.2) is 4.39 Å². The Hall–Kier alpha value is -0.190. The third-order valence-corrected chi connectivity index (χ3v) is 3.04. The highest BCUT2D eigenvalue weighted by Gasteiger charge is 2.30. The normalized spacial score (nSPS) is 31.7. The Labute approximate surface area is 84.8 Å². The molecule has 82 valence electrons. The molecule has 0 spiro atoms. The molecule has 0 aliphatic carbocycles. The summed E-state index contributed by atoms with van der Waals surface area (Å²) in [6.07, 6.45) is -0.308. The lowest BCUT2D eigenvalue weighted by molar-refractivity contribution is -0.0606. The highest BCUT2D eigenvalue weighted by atomic mass is 19.1. The fourth-order valence-corrected chi connectivity index (χ4v) is 2.12. The van der Waals surface area contributed by atoms with Crippen LogP contribution in [0.1, 0.15) is 6.92 Å². The van der Waals surface area contributed by atoms with E-state index >= 15 is 0 Å². The first kappa shape index (κ1) is 10.3. The van der Waals surface area contributed by atoms with Gasteiger partial charge in [0.05, 0.1) is 12.7 Å². The van der Waals surface area contributed by atoms with Crippen molar-refractivity contribution in [2.24, 2.45) is 0 Å². The summed E-state index contributed by atoms with van der Waals surface area (Å²) in [6.45, 7) is 8.23. The molecule has 3 nitrogen and oxygen atoms in total. The number of likely N-dealkylation sites (N-methyl/N-ethyl adjacent to an activating group) is 1. The second-order valence-electron chi connectivity index (χ2n) is 4.20. The van der Waals surface area contributed by atoms with Crippen molar-refractivity contribution in [3.8, 4) is 0 Å². The Morgan fingerprint density at radius 1 is 1.29 bits per heavy atom. The molecule has 0 bridgehead atoms. The molecule has 0 saturated carbocycles. The van der Waals surface area contributed by atoms with Gasteiger partial charge in [0, 0.05) is 32.7 Å². The van der Waals surface area contributed by atoms with Crippen molar-refractivity contribution in [3.63, 3.8) is 0 Å². The molecule has 2 fully saturated rings. The number of hydrogen-bond donors (Lipinski definition) is 0. The highest BCUT2D eigenvalue weighted by Crippen LogP contribution is 2.14. The number of halogens is 1. The van der Waals surface area contributed by atoms with Gasteiger partial charge in [0.1, 0.15) is 6.17 Å². The van der Waals surface area contributed by atoms with E-state index in [4.69, 9.17) is 4.74 Å². The van der Waals surface area contributed by atoms with Crippen LogP contribution in [0.3, 0.4) is 0 Å². The van der Waals surface area contributed by atoms with E-state index in [-0.39, 0.29) is 6.10 Å². The number of likely N-dealkylation sites (tertiary alicyclic amines) is 1. The molecule has 1 atom stereocenters. The number of ether oxygens (including phenoxy) is 1. The molecular formula is C10H19FN2O. The van der Waals surface area contributed by atoms with E-state index in [0.29, 0.717) is 13.1 Å². The van der Waals surface area contributed by atoms with Gasteiger partial charge in [0.15, 0.2) is 0 Å². The summed E-state index contributed by atoms with van der Waals surface area (Å²) in [7, 11) is 0. The molecule has 2 saturated heterocycles. The minimum Gasteiger partial charge on any atom is -0.374 e. The van der Waals surface area contributed by atoms with E-state index in [0.717, 1.165) is 32.8 Å². The van der Waals surface area contributed by atoms with Gasteiger partial charge in [-0.1, -0.05) is 6.92 Å². The van der Waals surface area contributed by atoms with Crippen LogP contribution < -0.4 is 0 Å². The number of nitrogens with zero attached hydrogens (tertiary/aromatic N) is 2. The molecule has 0 aromatic heterocycles. The van der Waals surface area contributed by atoms with Crippen LogP contribution in [-0.2, 0) is 4.74 Å². The van der Waals surface area contributed by atoms with Gasteiger partial charge in [0.2, 0.25) is 0 Å². The van der Waals surface area contributed by atoms with Crippen molar-refractivity contribution in [1.29, 1.82) is 0 Å². The van der Waals surface area contributed by atoms with Crippen molar-refractivity contribution in [2.75, 3.05) is 45.9 Å². The quantitative estimate of drug-likeness (QED) is 0.657. The van der Waals surface area contributed by atoms with Crippen molar-refractivity contribution < 1.29 is 9.13 Å². The summed E-state index contributed by atoms with van der Waals surface area (Å²) >= 11 is 0. The van der Waals surface area contributed by atoms with E-state index < -0.39 is 6.17 Å². The summed E-state index contributed by atoms with van der Waals surface area (Å²) < 4.78 is 18.2. The van der Waals surface area contributed by atoms with Crippen LogP contribution in [0.4, 0.5) is 4.39 Å². The molecule has 2 aliphatic heterocycles. The minimum absolute atomic E-state index is 0.288. The van der Waals surface area contributed by atoms with Crippen LogP contribution in [-0.4, -0.2) is 68.0 Å². The predicted octanol–water partition coefficient (Wildman–Crippen LogP) is 0.361. The molecule has 2 aliphatic rings. The maximum Gasteiger partial charge on any atom is 0.125 e. The first-order valence-electron chi connectivity index (χ1n) is 5.48. The van der Waals surface area contributed by atoms with Gasteiger partial charge in [-0.05, 0) is 6.54 Å². The van der Waals surface area contributed by atoms with Crippen LogP contribution in [0.25, 0.3) is 0 Å². The molecule has 0 radical (unpaired) electrons. The standard InChI is InChI=1S/C10H19FN2O/c1-2-12-3-4-14-10(7-12)8-13-5-9(11)6-13/h9-10H,2-8H2,1H3. The molecule has 0 aromatic rings. The number of rotatable bonds is 3. The molecular weight excluding hydrogens is 183 g/mol. The minimum atomic E-state index is -0.596. The maximum absolute atomic E-state index is 12.6. The summed E-state index contributed by atoms with van der Waals surface area (Å²) in [5, 5.41) is 0. The van der Waals surface area contributed by atoms with Crippen molar-refractivity contribution in [1.82, 2.24) is 9.80 Å². The van der Waals surface area contributed by atoms with Crippen LogP contribution in [0.15, 0.2) is 0 Å². The topological polar surface area (TPSA) is 15.7 Å². The predicted molar refractivity (Wildman–Crippen MR) is 53.2 cm³/mol. The lowest BCUT2D eigenvalue weighted by Crippen LogP contribution is -2.54. The Kier molecular flexibility index (Phi) is 3.36. The lowest BCUT2D eigenvalue weighted by Gasteiger charge is -2.39. The molecule has 14 heavy (non-hydrogen) atoms. The van der Waals surface area contributed by atoms with E-state index in [9.17, 15) is 4.39 Å². The maximum atomic E-state index is 12.6. The number of morpholine rings is 1. The number of hydrogen-bond acceptors (Lipinski definition) is 3. The van der Waals surface area contributed by atoms with Gasteiger partial charge in [0.25, 0.3) is 0 Å². The fourth-order valence-electron chi connectivity index (χ4n) is 2.12. The zero-order valence-electron chi connectivity index (χ0n) is 8.79. The molecule has 0 N–H and O–H groups in total. The van der Waals surface area contributed by atoms with Gasteiger partial charge < -0.3 is 4.74 Å². The SMILES string of the molecule is CCN1CCOC(CN2CC(F)C2)C1. The van der Waals surface area contributed by atoms with Crippen LogP contribution in [0, 0.1) is 0 Å². The zero-order chi connectivity index (χ0) is 9.97. The molecule has 0 aromatic carbocycles. The summed E-state index contributed by atoms with van der Waals surface area (Å²) in [5.41, 5.74) is 0. The fraction of sp³-hybridized carbons (Fsp3) is 1.00. The highest BCUT2D eigenvalue weighted by molar-refractivity contribution is 4.83. The Balaban J connectivity index is 1.69. The van der Waals surface area contributed by atoms with Gasteiger partial charge in [-0.3, -0.25) is 9.80 Å². The first-order chi connectivity index (χ1) is 6.78. The monoisotopic (exact) mass is 202 g/mol. The van der Waals surface area contributed by atoms with Crippen LogP contribution >= 0.6 is 0 Å². The lowest BCUT2D eigenvalue weighted by atomic mass is 10.1. The van der Waals surface area contributed by atoms with Crippen molar-refractivity contribution in [2.45, 2.75) is 19.2 Å². The largest absolute Gasteiger partial charge is 0.374 e. The molecule has 4 heteroatoms. The van der Waals surface area contributed by atoms with Crippen molar-refractivity contribution in [3.05, 3.63) is 0 Å². The van der Waals surface area contributed by atoms with E-state index in [2.05, 4.69) is 16.7 Å². The molecule has 2 rings (SSSR count). The second-order valence-corrected chi connectivity index (χ2v) is 4.20. The summed E-state index contributed by atoms with van der Waals surface area (Å²) in [4.78, 5) is 4.52. The van der Waals surface area contributed by atoms with E-state index in [1.54, 1.807) is 0 Å². The average Bonchev–Trinajstić information content (AvgIpc) is 2.16. The Bertz CT molecular complexity index is 185. The van der Waals surface area contributed by atoms with Gasteiger partial charge >= 0.3 is 0 Å². The Morgan fingerprint density at radius 2 is 2.07 bits per heavy atom. The molecule has 1 unspecified atom stereocenters. The second kappa shape index (κ2) is 4.55. The first-order valence-corrected chi connectivity index (χ1v) is 5.48. The van der Waals surface area contributed by atoms with Crippen molar-refractivity contribution >= 4 is 0 Å². The van der Waals surface area contributed by atoms with Crippen LogP contribution in [0.2, 0.25) is 0 Å². The van der Waals surface area contributed by atoms with E-state index in [1.165, 1.54) is 0 Å². The summed E-state index contributed by atoms with van der Waals surface area (Å²) in [5.74, 6) is 0. The molecule has 2 heterocycles. The summed E-state index contributed by atoms with van der Waals surface area (Å²) in [6, 6.07) is 0. The van der Waals surface area contributed by atoms with Crippen LogP contribution in [0.5, 0.6) is 0 Å².